The Morgan fingerprint density at radius 3 is 2.67 bits per heavy atom. The fourth-order valence-electron chi connectivity index (χ4n) is 2.94. The van der Waals surface area contributed by atoms with Crippen LogP contribution in [-0.4, -0.2) is 52.6 Å². The third kappa shape index (κ3) is 3.83. The summed E-state index contributed by atoms with van der Waals surface area (Å²) < 4.78 is 0. The molecule has 0 spiro atoms. The van der Waals surface area contributed by atoms with Crippen molar-refractivity contribution in [1.29, 1.82) is 0 Å². The lowest BCUT2D eigenvalue weighted by molar-refractivity contribution is -0.150. The van der Waals surface area contributed by atoms with Crippen LogP contribution in [0.3, 0.4) is 0 Å². The van der Waals surface area contributed by atoms with Gasteiger partial charge in [0.25, 0.3) is 0 Å². The Bertz CT molecular complexity index is 473. The number of carboxylic acid groups (broad SMARTS) is 1. The summed E-state index contributed by atoms with van der Waals surface area (Å²) >= 11 is 0. The first kappa shape index (κ1) is 16.0. The average molecular weight is 290 g/mol. The molecular weight excluding hydrogens is 264 g/mol. The van der Waals surface area contributed by atoms with Crippen molar-refractivity contribution in [3.05, 3.63) is 35.9 Å². The van der Waals surface area contributed by atoms with Crippen molar-refractivity contribution in [3.63, 3.8) is 0 Å². The number of hydrogen-bond donors (Lipinski definition) is 1. The van der Waals surface area contributed by atoms with Gasteiger partial charge in [0.15, 0.2) is 0 Å². The number of hydrogen-bond acceptors (Lipinski definition) is 3. The second-order valence-electron chi connectivity index (χ2n) is 6.49. The minimum atomic E-state index is -0.819. The molecule has 1 unspecified atom stereocenters. The molecule has 0 radical (unpaired) electrons. The summed E-state index contributed by atoms with van der Waals surface area (Å²) in [7, 11) is 1.94. The van der Waals surface area contributed by atoms with Crippen LogP contribution in [0.2, 0.25) is 0 Å². The van der Waals surface area contributed by atoms with Crippen LogP contribution in [0.5, 0.6) is 0 Å². The molecule has 1 heterocycles. The van der Waals surface area contributed by atoms with E-state index in [1.54, 1.807) is 13.8 Å². The molecule has 1 N–H and O–H groups in total. The molecule has 0 saturated carbocycles. The van der Waals surface area contributed by atoms with Crippen molar-refractivity contribution in [2.45, 2.75) is 44.8 Å². The van der Waals surface area contributed by atoms with Crippen LogP contribution in [0.25, 0.3) is 0 Å². The van der Waals surface area contributed by atoms with Crippen LogP contribution < -0.4 is 0 Å². The van der Waals surface area contributed by atoms with Gasteiger partial charge in [-0.05, 0) is 45.8 Å². The Morgan fingerprint density at radius 2 is 2.05 bits per heavy atom. The number of likely N-dealkylation sites (tertiary alicyclic amines) is 1. The van der Waals surface area contributed by atoms with Gasteiger partial charge in [0.1, 0.15) is 5.54 Å². The van der Waals surface area contributed by atoms with E-state index in [9.17, 15) is 9.90 Å². The van der Waals surface area contributed by atoms with Crippen LogP contribution in [0.1, 0.15) is 32.3 Å². The Balaban J connectivity index is 1.99. The number of rotatable bonds is 5. The quantitative estimate of drug-likeness (QED) is 0.904. The lowest BCUT2D eigenvalue weighted by Crippen LogP contribution is -2.57. The summed E-state index contributed by atoms with van der Waals surface area (Å²) in [6, 6.07) is 10.8. The van der Waals surface area contributed by atoms with Crippen LogP contribution in [-0.2, 0) is 11.3 Å². The van der Waals surface area contributed by atoms with Gasteiger partial charge >= 0.3 is 5.97 Å². The van der Waals surface area contributed by atoms with Gasteiger partial charge < -0.3 is 5.11 Å². The zero-order chi connectivity index (χ0) is 15.5. The molecule has 1 aliphatic rings. The molecule has 4 nitrogen and oxygen atoms in total. The van der Waals surface area contributed by atoms with E-state index in [4.69, 9.17) is 0 Å². The maximum Gasteiger partial charge on any atom is 0.323 e. The summed E-state index contributed by atoms with van der Waals surface area (Å²) in [5.41, 5.74) is 0.499. The highest BCUT2D eigenvalue weighted by Crippen LogP contribution is 2.23. The monoisotopic (exact) mass is 290 g/mol. The molecule has 1 aliphatic heterocycles. The lowest BCUT2D eigenvalue weighted by atomic mass is 9.96. The fraction of sp³-hybridized carbons (Fsp3) is 0.588. The van der Waals surface area contributed by atoms with Crippen LogP contribution in [0.15, 0.2) is 30.3 Å². The van der Waals surface area contributed by atoms with Crippen molar-refractivity contribution in [1.82, 2.24) is 9.80 Å². The molecule has 0 bridgehead atoms. The molecule has 1 aromatic carbocycles. The molecular formula is C17H26N2O2. The van der Waals surface area contributed by atoms with E-state index >= 15 is 0 Å². The highest BCUT2D eigenvalue weighted by molar-refractivity contribution is 5.77. The highest BCUT2D eigenvalue weighted by Gasteiger charge is 2.37. The zero-order valence-corrected chi connectivity index (χ0v) is 13.2. The van der Waals surface area contributed by atoms with Crippen LogP contribution in [0.4, 0.5) is 0 Å². The summed E-state index contributed by atoms with van der Waals surface area (Å²) in [6.45, 7) is 6.53. The minimum Gasteiger partial charge on any atom is -0.480 e. The van der Waals surface area contributed by atoms with Gasteiger partial charge in [0, 0.05) is 19.1 Å². The van der Waals surface area contributed by atoms with Gasteiger partial charge in [-0.2, -0.15) is 0 Å². The van der Waals surface area contributed by atoms with E-state index in [0.29, 0.717) is 6.04 Å². The topological polar surface area (TPSA) is 43.8 Å². The normalized spacial score (nSPS) is 20.7. The maximum absolute atomic E-state index is 11.4. The first-order chi connectivity index (χ1) is 9.91. The Labute approximate surface area is 127 Å². The van der Waals surface area contributed by atoms with Gasteiger partial charge in [0.2, 0.25) is 0 Å². The van der Waals surface area contributed by atoms with E-state index in [1.165, 1.54) is 5.56 Å². The average Bonchev–Trinajstić information content (AvgIpc) is 2.47. The van der Waals surface area contributed by atoms with Crippen molar-refractivity contribution < 1.29 is 9.90 Å². The fourth-order valence-corrected chi connectivity index (χ4v) is 2.94. The molecule has 0 amide bonds. The first-order valence-corrected chi connectivity index (χ1v) is 7.64. The van der Waals surface area contributed by atoms with E-state index in [0.717, 1.165) is 32.5 Å². The number of nitrogens with zero attached hydrogens (tertiary/aromatic N) is 2. The molecule has 116 valence electrons. The number of piperidine rings is 1. The summed E-state index contributed by atoms with van der Waals surface area (Å²) in [6.07, 6.45) is 2.19. The SMILES string of the molecule is CN(C1CCCN(Cc2ccccc2)C1)C(C)(C)C(=O)O. The van der Waals surface area contributed by atoms with Crippen molar-refractivity contribution in [2.75, 3.05) is 20.1 Å². The standard InChI is InChI=1S/C17H26N2O2/c1-17(2,16(20)21)18(3)15-10-7-11-19(13-15)12-14-8-5-4-6-9-14/h4-6,8-9,15H,7,10-13H2,1-3H3,(H,20,21). The van der Waals surface area contributed by atoms with Crippen molar-refractivity contribution in [2.24, 2.45) is 0 Å². The zero-order valence-electron chi connectivity index (χ0n) is 13.2. The third-order valence-electron chi connectivity index (χ3n) is 4.68. The van der Waals surface area contributed by atoms with Gasteiger partial charge in [-0.15, -0.1) is 0 Å². The van der Waals surface area contributed by atoms with Gasteiger partial charge in [-0.25, -0.2) is 0 Å². The summed E-state index contributed by atoms with van der Waals surface area (Å²) in [5.74, 6) is -0.759. The number of benzene rings is 1. The molecule has 21 heavy (non-hydrogen) atoms. The second kappa shape index (κ2) is 6.58. The molecule has 4 heteroatoms. The van der Waals surface area contributed by atoms with E-state index in [2.05, 4.69) is 29.2 Å². The molecule has 2 rings (SSSR count). The van der Waals surface area contributed by atoms with E-state index < -0.39 is 11.5 Å². The first-order valence-electron chi connectivity index (χ1n) is 7.64. The molecule has 0 aromatic heterocycles. The number of likely N-dealkylation sites (N-methyl/N-ethyl adjacent to an activating group) is 1. The second-order valence-corrected chi connectivity index (χ2v) is 6.49. The van der Waals surface area contributed by atoms with Crippen molar-refractivity contribution in [3.8, 4) is 0 Å². The predicted octanol–water partition coefficient (Wildman–Crippen LogP) is 2.45. The Hall–Kier alpha value is -1.39. The third-order valence-corrected chi connectivity index (χ3v) is 4.68. The van der Waals surface area contributed by atoms with E-state index in [-0.39, 0.29) is 0 Å². The summed E-state index contributed by atoms with van der Waals surface area (Å²) in [4.78, 5) is 15.9. The van der Waals surface area contributed by atoms with Gasteiger partial charge in [0.05, 0.1) is 0 Å². The number of carbonyl (C=O) groups is 1. The molecule has 1 saturated heterocycles. The lowest BCUT2D eigenvalue weighted by Gasteiger charge is -2.43. The van der Waals surface area contributed by atoms with Gasteiger partial charge in [-0.3, -0.25) is 14.6 Å². The Morgan fingerprint density at radius 1 is 1.38 bits per heavy atom. The number of aliphatic carboxylic acids is 1. The smallest absolute Gasteiger partial charge is 0.323 e. The largest absolute Gasteiger partial charge is 0.480 e. The van der Waals surface area contributed by atoms with Crippen LogP contribution in [0, 0.1) is 0 Å². The van der Waals surface area contributed by atoms with Crippen molar-refractivity contribution >= 4 is 5.97 Å². The molecule has 1 fully saturated rings. The minimum absolute atomic E-state index is 0.300. The summed E-state index contributed by atoms with van der Waals surface area (Å²) in [5, 5.41) is 9.39. The Kier molecular flexibility index (Phi) is 5.01. The molecule has 0 aliphatic carbocycles. The highest BCUT2D eigenvalue weighted by atomic mass is 16.4. The predicted molar refractivity (Wildman–Crippen MR) is 84.2 cm³/mol. The van der Waals surface area contributed by atoms with Gasteiger partial charge in [-0.1, -0.05) is 30.3 Å². The number of carboxylic acids is 1. The van der Waals surface area contributed by atoms with Crippen LogP contribution >= 0.6 is 0 Å². The molecule has 1 aromatic rings. The van der Waals surface area contributed by atoms with E-state index in [1.807, 2.05) is 18.0 Å². The maximum atomic E-state index is 11.4. The molecule has 1 atom stereocenters.